The SMILES string of the molecule is CNCC1(CNCCc2ccc3c(c2)CCC3)CC1. The second-order valence-electron chi connectivity index (χ2n) is 6.41. The van der Waals surface area contributed by atoms with Gasteiger partial charge in [0.1, 0.15) is 0 Å². The van der Waals surface area contributed by atoms with Crippen LogP contribution >= 0.6 is 0 Å². The third kappa shape index (κ3) is 3.18. The first-order valence-corrected chi connectivity index (χ1v) is 7.77. The number of rotatable bonds is 7. The Labute approximate surface area is 117 Å². The molecular formula is C17H26N2. The Morgan fingerprint density at radius 2 is 1.95 bits per heavy atom. The highest BCUT2D eigenvalue weighted by atomic mass is 14.9. The van der Waals surface area contributed by atoms with Crippen molar-refractivity contribution in [3.8, 4) is 0 Å². The van der Waals surface area contributed by atoms with Gasteiger partial charge in [-0.25, -0.2) is 0 Å². The molecule has 2 heteroatoms. The lowest BCUT2D eigenvalue weighted by Crippen LogP contribution is -2.32. The van der Waals surface area contributed by atoms with Crippen LogP contribution in [0, 0.1) is 5.41 Å². The average Bonchev–Trinajstić information content (AvgIpc) is 3.02. The summed E-state index contributed by atoms with van der Waals surface area (Å²) < 4.78 is 0. The number of benzene rings is 1. The maximum Gasteiger partial charge on any atom is 0.00201 e. The lowest BCUT2D eigenvalue weighted by atomic mass is 10.0. The van der Waals surface area contributed by atoms with E-state index in [9.17, 15) is 0 Å². The zero-order chi connectivity index (χ0) is 13.1. The average molecular weight is 258 g/mol. The van der Waals surface area contributed by atoms with E-state index in [0.29, 0.717) is 5.41 Å². The quantitative estimate of drug-likeness (QED) is 0.733. The summed E-state index contributed by atoms with van der Waals surface area (Å²) in [5.74, 6) is 0. The molecule has 2 aliphatic carbocycles. The van der Waals surface area contributed by atoms with Crippen molar-refractivity contribution >= 4 is 0 Å². The Morgan fingerprint density at radius 1 is 1.11 bits per heavy atom. The molecule has 0 heterocycles. The molecule has 0 spiro atoms. The minimum absolute atomic E-state index is 0.576. The van der Waals surface area contributed by atoms with E-state index in [2.05, 4.69) is 35.9 Å². The first-order chi connectivity index (χ1) is 9.31. The lowest BCUT2D eigenvalue weighted by Gasteiger charge is -2.15. The zero-order valence-electron chi connectivity index (χ0n) is 12.1. The van der Waals surface area contributed by atoms with E-state index in [1.165, 1.54) is 57.2 Å². The number of nitrogens with one attached hydrogen (secondary N) is 2. The molecule has 1 aromatic carbocycles. The first kappa shape index (κ1) is 13.1. The molecule has 0 saturated heterocycles. The molecule has 2 nitrogen and oxygen atoms in total. The highest BCUT2D eigenvalue weighted by molar-refractivity contribution is 5.35. The van der Waals surface area contributed by atoms with Crippen molar-refractivity contribution in [3.05, 3.63) is 34.9 Å². The number of hydrogen-bond acceptors (Lipinski definition) is 2. The van der Waals surface area contributed by atoms with E-state index in [4.69, 9.17) is 0 Å². The molecule has 0 amide bonds. The Balaban J connectivity index is 1.43. The monoisotopic (exact) mass is 258 g/mol. The third-order valence-corrected chi connectivity index (χ3v) is 4.76. The summed E-state index contributed by atoms with van der Waals surface area (Å²) in [5, 5.41) is 6.97. The van der Waals surface area contributed by atoms with Crippen molar-refractivity contribution in [1.82, 2.24) is 10.6 Å². The minimum atomic E-state index is 0.576. The van der Waals surface area contributed by atoms with Gasteiger partial charge in [-0.05, 0) is 74.2 Å². The molecule has 0 unspecified atom stereocenters. The van der Waals surface area contributed by atoms with E-state index in [-0.39, 0.29) is 0 Å². The van der Waals surface area contributed by atoms with Crippen LogP contribution < -0.4 is 10.6 Å². The molecule has 0 bridgehead atoms. The van der Waals surface area contributed by atoms with E-state index in [0.717, 1.165) is 6.54 Å². The van der Waals surface area contributed by atoms with Crippen LogP contribution in [-0.4, -0.2) is 26.7 Å². The lowest BCUT2D eigenvalue weighted by molar-refractivity contribution is 0.441. The van der Waals surface area contributed by atoms with Gasteiger partial charge in [0.15, 0.2) is 0 Å². The molecule has 2 aliphatic rings. The molecule has 104 valence electrons. The Bertz CT molecular complexity index is 435. The molecule has 0 radical (unpaired) electrons. The molecule has 3 rings (SSSR count). The van der Waals surface area contributed by atoms with Crippen molar-refractivity contribution in [2.24, 2.45) is 5.41 Å². The van der Waals surface area contributed by atoms with Gasteiger partial charge in [0.05, 0.1) is 0 Å². The Morgan fingerprint density at radius 3 is 2.74 bits per heavy atom. The molecule has 1 saturated carbocycles. The fourth-order valence-corrected chi connectivity index (χ4v) is 3.33. The van der Waals surface area contributed by atoms with Crippen molar-refractivity contribution in [2.75, 3.05) is 26.7 Å². The van der Waals surface area contributed by atoms with Crippen LogP contribution in [0.4, 0.5) is 0 Å². The largest absolute Gasteiger partial charge is 0.319 e. The van der Waals surface area contributed by atoms with Crippen molar-refractivity contribution < 1.29 is 0 Å². The van der Waals surface area contributed by atoms with Crippen LogP contribution in [0.15, 0.2) is 18.2 Å². The second kappa shape index (κ2) is 5.64. The smallest absolute Gasteiger partial charge is 0.00201 e. The molecule has 1 aromatic rings. The normalized spacial score (nSPS) is 19.4. The van der Waals surface area contributed by atoms with Crippen LogP contribution in [0.5, 0.6) is 0 Å². The Hall–Kier alpha value is -0.860. The molecule has 19 heavy (non-hydrogen) atoms. The molecule has 2 N–H and O–H groups in total. The predicted molar refractivity (Wildman–Crippen MR) is 80.6 cm³/mol. The summed E-state index contributed by atoms with van der Waals surface area (Å²) in [6, 6.07) is 7.11. The summed E-state index contributed by atoms with van der Waals surface area (Å²) >= 11 is 0. The number of hydrogen-bond donors (Lipinski definition) is 2. The molecule has 0 aliphatic heterocycles. The van der Waals surface area contributed by atoms with Crippen LogP contribution in [0.2, 0.25) is 0 Å². The fourth-order valence-electron chi connectivity index (χ4n) is 3.33. The number of aryl methyl sites for hydroxylation is 2. The van der Waals surface area contributed by atoms with Gasteiger partial charge in [-0.2, -0.15) is 0 Å². The zero-order valence-corrected chi connectivity index (χ0v) is 12.1. The van der Waals surface area contributed by atoms with E-state index >= 15 is 0 Å². The predicted octanol–water partition coefficient (Wildman–Crippen LogP) is 2.31. The Kier molecular flexibility index (Phi) is 3.90. The second-order valence-corrected chi connectivity index (χ2v) is 6.41. The van der Waals surface area contributed by atoms with Crippen LogP contribution in [0.1, 0.15) is 36.0 Å². The van der Waals surface area contributed by atoms with Crippen molar-refractivity contribution in [1.29, 1.82) is 0 Å². The fraction of sp³-hybridized carbons (Fsp3) is 0.647. The molecule has 0 aromatic heterocycles. The van der Waals surface area contributed by atoms with E-state index in [1.807, 2.05) is 0 Å². The van der Waals surface area contributed by atoms with Crippen LogP contribution in [0.3, 0.4) is 0 Å². The highest BCUT2D eigenvalue weighted by Crippen LogP contribution is 2.44. The van der Waals surface area contributed by atoms with Gasteiger partial charge in [-0.15, -0.1) is 0 Å². The van der Waals surface area contributed by atoms with Crippen molar-refractivity contribution in [3.63, 3.8) is 0 Å². The van der Waals surface area contributed by atoms with Gasteiger partial charge in [0, 0.05) is 13.1 Å². The highest BCUT2D eigenvalue weighted by Gasteiger charge is 2.41. The minimum Gasteiger partial charge on any atom is -0.319 e. The van der Waals surface area contributed by atoms with Gasteiger partial charge in [-0.1, -0.05) is 18.2 Å². The van der Waals surface area contributed by atoms with Gasteiger partial charge in [0.25, 0.3) is 0 Å². The van der Waals surface area contributed by atoms with E-state index in [1.54, 1.807) is 11.1 Å². The first-order valence-electron chi connectivity index (χ1n) is 7.77. The van der Waals surface area contributed by atoms with Gasteiger partial charge in [0.2, 0.25) is 0 Å². The third-order valence-electron chi connectivity index (χ3n) is 4.76. The maximum absolute atomic E-state index is 3.65. The summed E-state index contributed by atoms with van der Waals surface area (Å²) in [6.07, 6.45) is 7.88. The molecule has 1 fully saturated rings. The van der Waals surface area contributed by atoms with Crippen molar-refractivity contribution in [2.45, 2.75) is 38.5 Å². The molecular weight excluding hydrogens is 232 g/mol. The van der Waals surface area contributed by atoms with Crippen LogP contribution in [-0.2, 0) is 19.3 Å². The van der Waals surface area contributed by atoms with Crippen LogP contribution in [0.25, 0.3) is 0 Å². The van der Waals surface area contributed by atoms with Gasteiger partial charge < -0.3 is 10.6 Å². The van der Waals surface area contributed by atoms with Gasteiger partial charge in [-0.3, -0.25) is 0 Å². The topological polar surface area (TPSA) is 24.1 Å². The summed E-state index contributed by atoms with van der Waals surface area (Å²) in [7, 11) is 2.06. The summed E-state index contributed by atoms with van der Waals surface area (Å²) in [5.41, 5.74) is 5.27. The number of fused-ring (bicyclic) bond motifs is 1. The maximum atomic E-state index is 3.65. The standard InChI is InChI=1S/C17H26N2/c1-18-12-17(8-9-17)13-19-10-7-14-5-6-15-3-2-4-16(15)11-14/h5-6,11,18-19H,2-4,7-10,12-13H2,1H3. The van der Waals surface area contributed by atoms with Gasteiger partial charge >= 0.3 is 0 Å². The summed E-state index contributed by atoms with van der Waals surface area (Å²) in [6.45, 7) is 3.46. The summed E-state index contributed by atoms with van der Waals surface area (Å²) in [4.78, 5) is 0. The van der Waals surface area contributed by atoms with E-state index < -0.39 is 0 Å². The molecule has 0 atom stereocenters.